The molecule has 7 heteroatoms. The lowest BCUT2D eigenvalue weighted by Crippen LogP contribution is -2.29. The number of thioether (sulfide) groups is 1. The van der Waals surface area contributed by atoms with Crippen LogP contribution in [-0.4, -0.2) is 49.4 Å². The first-order chi connectivity index (χ1) is 11.8. The van der Waals surface area contributed by atoms with Crippen molar-refractivity contribution in [3.8, 4) is 5.69 Å². The second-order valence-electron chi connectivity index (χ2n) is 5.68. The molecule has 1 saturated heterocycles. The van der Waals surface area contributed by atoms with Crippen LogP contribution in [0.25, 0.3) is 16.7 Å². The van der Waals surface area contributed by atoms with Crippen LogP contribution in [0.3, 0.4) is 0 Å². The molecule has 24 heavy (non-hydrogen) atoms. The summed E-state index contributed by atoms with van der Waals surface area (Å²) in [6, 6.07) is 9.87. The Kier molecular flexibility index (Phi) is 4.17. The first-order valence-electron chi connectivity index (χ1n) is 7.97. The van der Waals surface area contributed by atoms with Crippen molar-refractivity contribution in [2.45, 2.75) is 17.9 Å². The van der Waals surface area contributed by atoms with E-state index in [1.54, 1.807) is 10.9 Å². The van der Waals surface area contributed by atoms with Crippen molar-refractivity contribution < 1.29 is 4.79 Å². The quantitative estimate of drug-likeness (QED) is 0.540. The van der Waals surface area contributed by atoms with Crippen LogP contribution in [-0.2, 0) is 4.79 Å². The molecule has 2 aromatic heterocycles. The molecule has 4 rings (SSSR count). The van der Waals surface area contributed by atoms with Crippen molar-refractivity contribution in [3.05, 3.63) is 42.9 Å². The predicted octanol–water partition coefficient (Wildman–Crippen LogP) is 2.53. The van der Waals surface area contributed by atoms with Gasteiger partial charge in [-0.15, -0.1) is 0 Å². The minimum atomic E-state index is 0.180. The lowest BCUT2D eigenvalue weighted by Gasteiger charge is -2.14. The van der Waals surface area contributed by atoms with Gasteiger partial charge in [0.25, 0.3) is 0 Å². The molecule has 3 aromatic rings. The van der Waals surface area contributed by atoms with Gasteiger partial charge in [-0.1, -0.05) is 30.0 Å². The molecule has 0 unspecified atom stereocenters. The van der Waals surface area contributed by atoms with Crippen molar-refractivity contribution in [2.24, 2.45) is 0 Å². The highest BCUT2D eigenvalue weighted by atomic mass is 32.2. The van der Waals surface area contributed by atoms with E-state index in [1.165, 1.54) is 18.1 Å². The Morgan fingerprint density at radius 1 is 1.12 bits per heavy atom. The van der Waals surface area contributed by atoms with Crippen LogP contribution in [0.4, 0.5) is 0 Å². The number of likely N-dealkylation sites (tertiary alicyclic amines) is 1. The smallest absolute Gasteiger partial charge is 0.232 e. The number of carbonyl (C=O) groups is 1. The molecular formula is C17H17N5OS. The standard InChI is InChI=1S/C17H17N5OS/c23-15(21-8-4-5-9-21)11-24-17-14-10-20-22(16(14)18-12-19-17)13-6-2-1-3-7-13/h1-3,6-7,10,12H,4-5,8-9,11H2. The fourth-order valence-electron chi connectivity index (χ4n) is 2.88. The number of amides is 1. The van der Waals surface area contributed by atoms with Crippen molar-refractivity contribution in [3.63, 3.8) is 0 Å². The zero-order chi connectivity index (χ0) is 16.4. The third-order valence-electron chi connectivity index (χ3n) is 4.12. The molecule has 0 saturated carbocycles. The Balaban J connectivity index is 1.58. The van der Waals surface area contributed by atoms with E-state index in [0.717, 1.165) is 47.7 Å². The number of para-hydroxylation sites is 1. The van der Waals surface area contributed by atoms with Gasteiger partial charge in [0.1, 0.15) is 11.4 Å². The van der Waals surface area contributed by atoms with Gasteiger partial charge in [-0.2, -0.15) is 5.10 Å². The van der Waals surface area contributed by atoms with Crippen LogP contribution in [0.5, 0.6) is 0 Å². The maximum Gasteiger partial charge on any atom is 0.232 e. The number of hydrogen-bond acceptors (Lipinski definition) is 5. The van der Waals surface area contributed by atoms with E-state index >= 15 is 0 Å². The van der Waals surface area contributed by atoms with Crippen molar-refractivity contribution in [1.29, 1.82) is 0 Å². The number of carbonyl (C=O) groups excluding carboxylic acids is 1. The highest BCUT2D eigenvalue weighted by molar-refractivity contribution is 8.00. The molecule has 0 N–H and O–H groups in total. The molecule has 0 spiro atoms. The summed E-state index contributed by atoms with van der Waals surface area (Å²) in [7, 11) is 0. The van der Waals surface area contributed by atoms with Crippen molar-refractivity contribution >= 4 is 28.7 Å². The molecule has 1 fully saturated rings. The Morgan fingerprint density at radius 2 is 1.92 bits per heavy atom. The van der Waals surface area contributed by atoms with Gasteiger partial charge in [0, 0.05) is 13.1 Å². The van der Waals surface area contributed by atoms with E-state index in [1.807, 2.05) is 35.2 Å². The lowest BCUT2D eigenvalue weighted by atomic mass is 10.3. The predicted molar refractivity (Wildman–Crippen MR) is 93.2 cm³/mol. The van der Waals surface area contributed by atoms with Crippen LogP contribution in [0.15, 0.2) is 47.9 Å². The molecule has 1 amide bonds. The zero-order valence-corrected chi connectivity index (χ0v) is 13.9. The number of aromatic nitrogens is 4. The van der Waals surface area contributed by atoms with Gasteiger partial charge in [0.2, 0.25) is 5.91 Å². The van der Waals surface area contributed by atoms with Crippen LogP contribution in [0, 0.1) is 0 Å². The summed E-state index contributed by atoms with van der Waals surface area (Å²) in [5.41, 5.74) is 1.71. The third-order valence-corrected chi connectivity index (χ3v) is 5.11. The van der Waals surface area contributed by atoms with Crippen molar-refractivity contribution in [2.75, 3.05) is 18.8 Å². The fourth-order valence-corrected chi connectivity index (χ4v) is 3.75. The fraction of sp³-hybridized carbons (Fsp3) is 0.294. The van der Waals surface area contributed by atoms with Crippen LogP contribution < -0.4 is 0 Å². The molecule has 122 valence electrons. The first-order valence-corrected chi connectivity index (χ1v) is 8.96. The topological polar surface area (TPSA) is 63.9 Å². The zero-order valence-electron chi connectivity index (χ0n) is 13.1. The molecular weight excluding hydrogens is 322 g/mol. The summed E-state index contributed by atoms with van der Waals surface area (Å²) in [5.74, 6) is 0.586. The molecule has 1 aromatic carbocycles. The van der Waals surface area contributed by atoms with E-state index in [4.69, 9.17) is 0 Å². The van der Waals surface area contributed by atoms with Crippen LogP contribution >= 0.6 is 11.8 Å². The van der Waals surface area contributed by atoms with Gasteiger partial charge in [-0.25, -0.2) is 14.6 Å². The Labute approximate surface area is 143 Å². The monoisotopic (exact) mass is 339 g/mol. The molecule has 3 heterocycles. The van der Waals surface area contributed by atoms with Crippen LogP contribution in [0.2, 0.25) is 0 Å². The second-order valence-corrected chi connectivity index (χ2v) is 6.65. The summed E-state index contributed by atoms with van der Waals surface area (Å²) >= 11 is 1.46. The number of rotatable bonds is 4. The highest BCUT2D eigenvalue weighted by Gasteiger charge is 2.19. The molecule has 0 bridgehead atoms. The Morgan fingerprint density at radius 3 is 2.71 bits per heavy atom. The number of fused-ring (bicyclic) bond motifs is 1. The van der Waals surface area contributed by atoms with E-state index in [9.17, 15) is 4.79 Å². The van der Waals surface area contributed by atoms with Crippen molar-refractivity contribution in [1.82, 2.24) is 24.6 Å². The van der Waals surface area contributed by atoms with E-state index in [0.29, 0.717) is 5.75 Å². The normalized spacial score (nSPS) is 14.4. The minimum absolute atomic E-state index is 0.180. The summed E-state index contributed by atoms with van der Waals surface area (Å²) in [4.78, 5) is 22.9. The Bertz CT molecular complexity index is 858. The lowest BCUT2D eigenvalue weighted by molar-refractivity contribution is -0.127. The summed E-state index contributed by atoms with van der Waals surface area (Å²) in [5, 5.41) is 6.11. The van der Waals surface area contributed by atoms with E-state index in [2.05, 4.69) is 15.1 Å². The molecule has 0 radical (unpaired) electrons. The van der Waals surface area contributed by atoms with Gasteiger partial charge >= 0.3 is 0 Å². The minimum Gasteiger partial charge on any atom is -0.342 e. The van der Waals surface area contributed by atoms with Gasteiger partial charge in [0.05, 0.1) is 23.0 Å². The van der Waals surface area contributed by atoms with Gasteiger partial charge < -0.3 is 4.90 Å². The largest absolute Gasteiger partial charge is 0.342 e. The summed E-state index contributed by atoms with van der Waals surface area (Å²) in [6.45, 7) is 1.76. The average molecular weight is 339 g/mol. The van der Waals surface area contributed by atoms with E-state index < -0.39 is 0 Å². The van der Waals surface area contributed by atoms with Gasteiger partial charge in [-0.05, 0) is 25.0 Å². The molecule has 1 aliphatic heterocycles. The summed E-state index contributed by atoms with van der Waals surface area (Å²) < 4.78 is 1.80. The second kappa shape index (κ2) is 6.60. The van der Waals surface area contributed by atoms with Gasteiger partial charge in [0.15, 0.2) is 5.65 Å². The maximum absolute atomic E-state index is 12.2. The Hall–Kier alpha value is -2.41. The third kappa shape index (κ3) is 2.87. The number of hydrogen-bond donors (Lipinski definition) is 0. The average Bonchev–Trinajstić information content (AvgIpc) is 3.30. The molecule has 6 nitrogen and oxygen atoms in total. The molecule has 0 atom stereocenters. The molecule has 1 aliphatic rings. The number of nitrogens with zero attached hydrogens (tertiary/aromatic N) is 5. The van der Waals surface area contributed by atoms with Crippen LogP contribution in [0.1, 0.15) is 12.8 Å². The first kappa shape index (κ1) is 15.1. The van der Waals surface area contributed by atoms with Gasteiger partial charge in [-0.3, -0.25) is 4.79 Å². The SMILES string of the molecule is O=C(CSc1ncnc2c1cnn2-c1ccccc1)N1CCCC1. The van der Waals surface area contributed by atoms with E-state index in [-0.39, 0.29) is 5.91 Å². The highest BCUT2D eigenvalue weighted by Crippen LogP contribution is 2.26. The molecule has 0 aliphatic carbocycles. The summed E-state index contributed by atoms with van der Waals surface area (Å²) in [6.07, 6.45) is 5.52. The number of benzene rings is 1. The maximum atomic E-state index is 12.2.